The molecule has 1 aromatic carbocycles. The predicted molar refractivity (Wildman–Crippen MR) is 104 cm³/mol. The first-order valence-electron chi connectivity index (χ1n) is 9.95. The minimum atomic E-state index is -0.148. The molecule has 3 aliphatic heterocycles. The minimum Gasteiger partial charge on any atom is -0.378 e. The molecule has 4 rings (SSSR count). The van der Waals surface area contributed by atoms with Crippen molar-refractivity contribution < 1.29 is 19.1 Å². The van der Waals surface area contributed by atoms with E-state index in [9.17, 15) is 14.4 Å². The Morgan fingerprint density at radius 1 is 0.929 bits per heavy atom. The number of β-lactam (4-membered cyclic amide) rings is 1. The Labute approximate surface area is 164 Å². The molecular formula is C20H26N4O4. The fraction of sp³-hybridized carbons (Fsp3) is 0.550. The van der Waals surface area contributed by atoms with E-state index in [1.54, 1.807) is 9.80 Å². The summed E-state index contributed by atoms with van der Waals surface area (Å²) in [4.78, 5) is 42.0. The summed E-state index contributed by atoms with van der Waals surface area (Å²) in [6.45, 7) is 4.45. The Kier molecular flexibility index (Phi) is 5.47. The van der Waals surface area contributed by atoms with Crippen molar-refractivity contribution in [2.75, 3.05) is 56.2 Å². The fourth-order valence-electron chi connectivity index (χ4n) is 3.89. The molecule has 1 N–H and O–H groups in total. The van der Waals surface area contributed by atoms with Crippen molar-refractivity contribution in [3.05, 3.63) is 24.3 Å². The van der Waals surface area contributed by atoms with Crippen LogP contribution in [0.3, 0.4) is 0 Å². The Morgan fingerprint density at radius 3 is 2.18 bits per heavy atom. The van der Waals surface area contributed by atoms with Gasteiger partial charge in [0.2, 0.25) is 11.8 Å². The number of piperidine rings is 1. The third kappa shape index (κ3) is 3.96. The normalized spacial score (nSPS) is 20.7. The van der Waals surface area contributed by atoms with Crippen molar-refractivity contribution in [1.82, 2.24) is 9.80 Å². The number of urea groups is 1. The molecule has 0 saturated carbocycles. The van der Waals surface area contributed by atoms with Gasteiger partial charge in [-0.3, -0.25) is 9.59 Å². The Morgan fingerprint density at radius 2 is 1.61 bits per heavy atom. The van der Waals surface area contributed by atoms with E-state index in [4.69, 9.17) is 4.74 Å². The van der Waals surface area contributed by atoms with E-state index in [1.807, 2.05) is 29.2 Å². The van der Waals surface area contributed by atoms with Crippen LogP contribution in [-0.2, 0) is 14.3 Å². The van der Waals surface area contributed by atoms with Crippen LogP contribution < -0.4 is 10.2 Å². The highest BCUT2D eigenvalue weighted by molar-refractivity contribution is 5.99. The summed E-state index contributed by atoms with van der Waals surface area (Å²) in [5.41, 5.74) is 1.56. The average Bonchev–Trinajstić information content (AvgIpc) is 2.74. The number of rotatable bonds is 3. The molecule has 8 nitrogen and oxygen atoms in total. The number of morpholine rings is 1. The van der Waals surface area contributed by atoms with Crippen LogP contribution in [0, 0.1) is 5.92 Å². The van der Waals surface area contributed by atoms with Crippen molar-refractivity contribution in [1.29, 1.82) is 0 Å². The minimum absolute atomic E-state index is 0.00417. The highest BCUT2D eigenvalue weighted by atomic mass is 16.5. The van der Waals surface area contributed by atoms with Gasteiger partial charge >= 0.3 is 6.03 Å². The number of amides is 4. The van der Waals surface area contributed by atoms with Gasteiger partial charge in [-0.05, 0) is 37.1 Å². The molecule has 0 aromatic heterocycles. The maximum absolute atomic E-state index is 12.6. The standard InChI is InChI=1S/C20H26N4O4/c25-18-7-10-24(18)17-3-1-16(2-4-17)21-20(27)23-8-5-15(6-9-23)19(26)22-11-13-28-14-12-22/h1-4,15H,5-14H2,(H,21,27). The molecule has 3 aliphatic rings. The molecule has 0 aliphatic carbocycles. The summed E-state index contributed by atoms with van der Waals surface area (Å²) in [6, 6.07) is 7.17. The number of nitrogens with zero attached hydrogens (tertiary/aromatic N) is 3. The second-order valence-electron chi connectivity index (χ2n) is 7.47. The second kappa shape index (κ2) is 8.18. The lowest BCUT2D eigenvalue weighted by Gasteiger charge is -2.35. The number of carbonyl (C=O) groups is 3. The van der Waals surface area contributed by atoms with E-state index in [-0.39, 0.29) is 23.8 Å². The highest BCUT2D eigenvalue weighted by Crippen LogP contribution is 2.24. The smallest absolute Gasteiger partial charge is 0.321 e. The number of nitrogens with one attached hydrogen (secondary N) is 1. The van der Waals surface area contributed by atoms with Crippen LogP contribution in [0.5, 0.6) is 0 Å². The summed E-state index contributed by atoms with van der Waals surface area (Å²) in [5.74, 6) is 0.321. The zero-order valence-corrected chi connectivity index (χ0v) is 15.9. The SMILES string of the molecule is O=C(Nc1ccc(N2CCC2=O)cc1)N1CCC(C(=O)N2CCOCC2)CC1. The van der Waals surface area contributed by atoms with Crippen LogP contribution in [0.2, 0.25) is 0 Å². The van der Waals surface area contributed by atoms with Gasteiger partial charge in [0.1, 0.15) is 0 Å². The molecule has 1 aromatic rings. The average molecular weight is 386 g/mol. The maximum Gasteiger partial charge on any atom is 0.321 e. The first-order valence-corrected chi connectivity index (χ1v) is 9.95. The van der Waals surface area contributed by atoms with Crippen LogP contribution in [0.25, 0.3) is 0 Å². The second-order valence-corrected chi connectivity index (χ2v) is 7.47. The third-order valence-electron chi connectivity index (χ3n) is 5.73. The monoisotopic (exact) mass is 386 g/mol. The fourth-order valence-corrected chi connectivity index (χ4v) is 3.89. The number of hydrogen-bond acceptors (Lipinski definition) is 4. The van der Waals surface area contributed by atoms with Gasteiger partial charge in [0.05, 0.1) is 13.2 Å². The molecule has 0 bridgehead atoms. The molecule has 4 amide bonds. The number of likely N-dealkylation sites (tertiary alicyclic amines) is 1. The molecule has 3 saturated heterocycles. The van der Waals surface area contributed by atoms with Gasteiger partial charge in [-0.25, -0.2) is 4.79 Å². The van der Waals surface area contributed by atoms with Gasteiger partial charge in [-0.1, -0.05) is 0 Å². The Hall–Kier alpha value is -2.61. The molecule has 0 atom stereocenters. The third-order valence-corrected chi connectivity index (χ3v) is 5.73. The molecule has 0 radical (unpaired) electrons. The molecule has 0 unspecified atom stereocenters. The summed E-state index contributed by atoms with van der Waals surface area (Å²) in [6.07, 6.45) is 1.99. The van der Waals surface area contributed by atoms with E-state index in [2.05, 4.69) is 5.32 Å². The lowest BCUT2D eigenvalue weighted by molar-refractivity contribution is -0.141. The van der Waals surface area contributed by atoms with Crippen molar-refractivity contribution in [3.63, 3.8) is 0 Å². The lowest BCUT2D eigenvalue weighted by atomic mass is 9.95. The number of anilines is 2. The molecule has 150 valence electrons. The van der Waals surface area contributed by atoms with E-state index in [1.165, 1.54) is 0 Å². The molecular weight excluding hydrogens is 360 g/mol. The Bertz CT molecular complexity index is 737. The van der Waals surface area contributed by atoms with E-state index < -0.39 is 0 Å². The predicted octanol–water partition coefficient (Wildman–Crippen LogP) is 1.53. The van der Waals surface area contributed by atoms with Gasteiger partial charge < -0.3 is 24.8 Å². The molecule has 28 heavy (non-hydrogen) atoms. The van der Waals surface area contributed by atoms with Gasteiger partial charge in [-0.2, -0.15) is 0 Å². The largest absolute Gasteiger partial charge is 0.378 e. The van der Waals surface area contributed by atoms with Crippen LogP contribution >= 0.6 is 0 Å². The number of carbonyl (C=O) groups excluding carboxylic acids is 3. The van der Waals surface area contributed by atoms with E-state index >= 15 is 0 Å². The van der Waals surface area contributed by atoms with Crippen LogP contribution in [-0.4, -0.2) is 73.6 Å². The lowest BCUT2D eigenvalue weighted by Crippen LogP contribution is -2.48. The summed E-state index contributed by atoms with van der Waals surface area (Å²) in [7, 11) is 0. The van der Waals surface area contributed by atoms with Crippen LogP contribution in [0.1, 0.15) is 19.3 Å². The van der Waals surface area contributed by atoms with Gasteiger partial charge in [0, 0.05) is 56.4 Å². The molecule has 0 spiro atoms. The molecule has 3 heterocycles. The van der Waals surface area contributed by atoms with Gasteiger partial charge in [-0.15, -0.1) is 0 Å². The van der Waals surface area contributed by atoms with Gasteiger partial charge in [0.25, 0.3) is 0 Å². The topological polar surface area (TPSA) is 82.2 Å². The highest BCUT2D eigenvalue weighted by Gasteiger charge is 2.31. The molecule has 8 heteroatoms. The summed E-state index contributed by atoms with van der Waals surface area (Å²) < 4.78 is 5.30. The van der Waals surface area contributed by atoms with Crippen LogP contribution in [0.4, 0.5) is 16.2 Å². The zero-order chi connectivity index (χ0) is 19.5. The summed E-state index contributed by atoms with van der Waals surface area (Å²) >= 11 is 0. The number of benzene rings is 1. The van der Waals surface area contributed by atoms with Crippen molar-refractivity contribution >= 4 is 29.2 Å². The van der Waals surface area contributed by atoms with Crippen molar-refractivity contribution in [3.8, 4) is 0 Å². The molecule has 3 fully saturated rings. The van der Waals surface area contributed by atoms with Crippen LogP contribution in [0.15, 0.2) is 24.3 Å². The van der Waals surface area contributed by atoms with Crippen molar-refractivity contribution in [2.24, 2.45) is 5.92 Å². The quantitative estimate of drug-likeness (QED) is 0.799. The Balaban J connectivity index is 1.26. The first-order chi connectivity index (χ1) is 13.6. The van der Waals surface area contributed by atoms with E-state index in [0.29, 0.717) is 64.3 Å². The zero-order valence-electron chi connectivity index (χ0n) is 15.9. The number of ether oxygens (including phenoxy) is 1. The summed E-state index contributed by atoms with van der Waals surface area (Å²) in [5, 5.41) is 2.90. The number of hydrogen-bond donors (Lipinski definition) is 1. The van der Waals surface area contributed by atoms with Crippen molar-refractivity contribution in [2.45, 2.75) is 19.3 Å². The van der Waals surface area contributed by atoms with E-state index in [0.717, 1.165) is 12.2 Å². The van der Waals surface area contributed by atoms with Gasteiger partial charge in [0.15, 0.2) is 0 Å². The maximum atomic E-state index is 12.6. The first kappa shape index (κ1) is 18.7.